The van der Waals surface area contributed by atoms with E-state index in [1.807, 2.05) is 18.2 Å². The van der Waals surface area contributed by atoms with Crippen molar-refractivity contribution in [2.45, 2.75) is 56.8 Å². The molecule has 5 rings (SSSR count). The zero-order valence-electron chi connectivity index (χ0n) is 19.9. The molecule has 8 heteroatoms. The van der Waals surface area contributed by atoms with Crippen LogP contribution in [0.2, 0.25) is 5.02 Å². The average Bonchev–Trinajstić information content (AvgIpc) is 2.97. The molecule has 0 bridgehead atoms. The molecule has 6 nitrogen and oxygen atoms in total. The van der Waals surface area contributed by atoms with Gasteiger partial charge in [0, 0.05) is 29.2 Å². The highest BCUT2D eigenvalue weighted by molar-refractivity contribution is 7.73. The van der Waals surface area contributed by atoms with E-state index in [2.05, 4.69) is 22.3 Å². The number of carbonyl (C=O) groups excluding carboxylic acids is 1. The first-order chi connectivity index (χ1) is 16.9. The first-order valence-corrected chi connectivity index (χ1v) is 14.4. The topological polar surface area (TPSA) is 75.7 Å². The lowest BCUT2D eigenvalue weighted by Gasteiger charge is -2.42. The fraction of sp³-hybridized carbons (Fsp3) is 0.519. The Labute approximate surface area is 213 Å². The Hall–Kier alpha value is -2.25. The number of anilines is 2. The fourth-order valence-electron chi connectivity index (χ4n) is 6.19. The summed E-state index contributed by atoms with van der Waals surface area (Å²) < 4.78 is 28.5. The molecule has 0 radical (unpaired) electrons. The molecule has 0 aromatic heterocycles. The summed E-state index contributed by atoms with van der Waals surface area (Å²) in [6.07, 6.45) is 9.51. The van der Waals surface area contributed by atoms with Crippen LogP contribution in [0.1, 0.15) is 56.1 Å². The summed E-state index contributed by atoms with van der Waals surface area (Å²) in [5.74, 6) is 0.398. The van der Waals surface area contributed by atoms with Crippen LogP contribution in [0.15, 0.2) is 36.4 Å². The van der Waals surface area contributed by atoms with Crippen LogP contribution in [0.25, 0.3) is 0 Å². The molecule has 0 saturated heterocycles. The van der Waals surface area contributed by atoms with Crippen molar-refractivity contribution in [1.29, 1.82) is 0 Å². The second kappa shape index (κ2) is 10.4. The van der Waals surface area contributed by atoms with E-state index < -0.39 is 22.4 Å². The van der Waals surface area contributed by atoms with Gasteiger partial charge in [0.15, 0.2) is 0 Å². The number of aryl methyl sites for hydroxylation is 1. The Morgan fingerprint density at radius 1 is 1.11 bits per heavy atom. The summed E-state index contributed by atoms with van der Waals surface area (Å²) in [7, 11) is -2.77. The number of amides is 1. The number of halogens is 1. The molecule has 1 fully saturated rings. The van der Waals surface area contributed by atoms with Crippen LogP contribution in [0, 0.1) is 5.92 Å². The van der Waals surface area contributed by atoms with Crippen LogP contribution in [-0.4, -0.2) is 39.8 Å². The highest BCUT2D eigenvalue weighted by Gasteiger charge is 2.42. The van der Waals surface area contributed by atoms with E-state index in [1.165, 1.54) is 43.2 Å². The van der Waals surface area contributed by atoms with Gasteiger partial charge < -0.3 is 15.0 Å². The second-order valence-corrected chi connectivity index (χ2v) is 11.7. The molecule has 1 saturated carbocycles. The lowest BCUT2D eigenvalue weighted by atomic mass is 9.70. The number of ether oxygens (including phenoxy) is 1. The Morgan fingerprint density at radius 2 is 1.94 bits per heavy atom. The van der Waals surface area contributed by atoms with E-state index in [-0.39, 0.29) is 5.41 Å². The van der Waals surface area contributed by atoms with E-state index in [0.29, 0.717) is 18.2 Å². The molecular formula is C27H33ClN2O4S. The van der Waals surface area contributed by atoms with E-state index in [9.17, 15) is 13.2 Å². The summed E-state index contributed by atoms with van der Waals surface area (Å²) in [5, 5.41) is 3.52. The number of thiol groups is 1. The van der Waals surface area contributed by atoms with Crippen LogP contribution in [0.4, 0.5) is 11.4 Å². The van der Waals surface area contributed by atoms with Gasteiger partial charge in [-0.3, -0.25) is 4.79 Å². The number of rotatable bonds is 5. The molecule has 2 aromatic rings. The summed E-state index contributed by atoms with van der Waals surface area (Å²) in [5.41, 5.74) is 4.08. The molecule has 1 heterocycles. The molecule has 2 aromatic carbocycles. The molecule has 3 aliphatic rings. The van der Waals surface area contributed by atoms with Crippen LogP contribution in [0.5, 0.6) is 5.75 Å². The predicted molar refractivity (Wildman–Crippen MR) is 141 cm³/mol. The SMILES string of the molecule is O=C(C[SH](=O)=O)Nc1ccc2c(c1)N(CC1CCCCC1)CC1(CCCc3cc(Cl)ccc31)CO2. The van der Waals surface area contributed by atoms with E-state index in [0.717, 1.165) is 48.8 Å². The van der Waals surface area contributed by atoms with E-state index in [4.69, 9.17) is 16.3 Å². The molecule has 1 N–H and O–H groups in total. The highest BCUT2D eigenvalue weighted by atomic mass is 35.5. The number of hydrogen-bond donors (Lipinski definition) is 2. The molecule has 1 aliphatic heterocycles. The van der Waals surface area contributed by atoms with Gasteiger partial charge in [-0.1, -0.05) is 36.9 Å². The third kappa shape index (κ3) is 5.46. The third-order valence-electron chi connectivity index (χ3n) is 7.80. The average molecular weight is 517 g/mol. The zero-order valence-corrected chi connectivity index (χ0v) is 21.6. The maximum atomic E-state index is 12.1. The number of hydrogen-bond acceptors (Lipinski definition) is 5. The number of carbonyl (C=O) groups is 1. The summed E-state index contributed by atoms with van der Waals surface area (Å²) >= 11 is 6.34. The van der Waals surface area contributed by atoms with Crippen molar-refractivity contribution in [2.75, 3.05) is 35.7 Å². The summed E-state index contributed by atoms with van der Waals surface area (Å²) in [4.78, 5) is 14.6. The van der Waals surface area contributed by atoms with Crippen molar-refractivity contribution >= 4 is 39.6 Å². The quantitative estimate of drug-likeness (QED) is 0.550. The molecule has 2 aliphatic carbocycles. The predicted octanol–water partition coefficient (Wildman–Crippen LogP) is 4.94. The minimum Gasteiger partial charge on any atom is -0.490 e. The van der Waals surface area contributed by atoms with Crippen molar-refractivity contribution in [1.82, 2.24) is 0 Å². The van der Waals surface area contributed by atoms with Gasteiger partial charge in [-0.15, -0.1) is 0 Å². The van der Waals surface area contributed by atoms with Crippen molar-refractivity contribution in [3.8, 4) is 5.75 Å². The molecule has 1 unspecified atom stereocenters. The Bertz CT molecular complexity index is 1170. The third-order valence-corrected chi connectivity index (χ3v) is 8.58. The molecular weight excluding hydrogens is 484 g/mol. The summed E-state index contributed by atoms with van der Waals surface area (Å²) in [6, 6.07) is 11.9. The number of fused-ring (bicyclic) bond motifs is 3. The van der Waals surface area contributed by atoms with Crippen LogP contribution < -0.4 is 15.0 Å². The number of benzene rings is 2. The van der Waals surface area contributed by atoms with Gasteiger partial charge >= 0.3 is 0 Å². The van der Waals surface area contributed by atoms with Gasteiger partial charge in [0.2, 0.25) is 5.91 Å². The van der Waals surface area contributed by atoms with Gasteiger partial charge in [0.05, 0.1) is 12.3 Å². The second-order valence-electron chi connectivity index (χ2n) is 10.3. The Morgan fingerprint density at radius 3 is 2.74 bits per heavy atom. The van der Waals surface area contributed by atoms with Crippen LogP contribution in [-0.2, 0) is 27.3 Å². The highest BCUT2D eigenvalue weighted by Crippen LogP contribution is 2.45. The lowest BCUT2D eigenvalue weighted by molar-refractivity contribution is -0.113. The van der Waals surface area contributed by atoms with Gasteiger partial charge in [-0.05, 0) is 79.5 Å². The zero-order chi connectivity index (χ0) is 24.4. The summed E-state index contributed by atoms with van der Waals surface area (Å²) in [6.45, 7) is 2.39. The fourth-order valence-corrected chi connectivity index (χ4v) is 6.70. The maximum Gasteiger partial charge on any atom is 0.239 e. The maximum absolute atomic E-state index is 12.1. The smallest absolute Gasteiger partial charge is 0.239 e. The molecule has 188 valence electrons. The van der Waals surface area contributed by atoms with Crippen LogP contribution in [0.3, 0.4) is 0 Å². The monoisotopic (exact) mass is 516 g/mol. The van der Waals surface area contributed by atoms with Crippen molar-refractivity contribution in [3.63, 3.8) is 0 Å². The van der Waals surface area contributed by atoms with Crippen molar-refractivity contribution in [3.05, 3.63) is 52.5 Å². The van der Waals surface area contributed by atoms with Crippen LogP contribution >= 0.6 is 11.6 Å². The number of nitrogens with one attached hydrogen (secondary N) is 1. The van der Waals surface area contributed by atoms with E-state index >= 15 is 0 Å². The molecule has 1 amide bonds. The molecule has 1 atom stereocenters. The van der Waals surface area contributed by atoms with Gasteiger partial charge in [-0.2, -0.15) is 0 Å². The minimum absolute atomic E-state index is 0.129. The Balaban J connectivity index is 1.50. The normalized spacial score (nSPS) is 22.3. The minimum atomic E-state index is -2.77. The van der Waals surface area contributed by atoms with Crippen molar-refractivity contribution in [2.24, 2.45) is 5.92 Å². The standard InChI is InChI=1S/C27H33ClN2O4S/c28-21-8-10-23-20(13-21)7-4-12-27(23)17-30(15-19-5-2-1-3-6-19)24-14-22(9-11-25(24)34-18-27)29-26(31)16-35(32)33/h8-11,13-14,19,35H,1-7,12,15-18H2,(H,29,31). The van der Waals surface area contributed by atoms with Crippen molar-refractivity contribution < 1.29 is 17.9 Å². The van der Waals surface area contributed by atoms with Gasteiger partial charge in [-0.25, -0.2) is 8.42 Å². The van der Waals surface area contributed by atoms with Gasteiger partial charge in [0.1, 0.15) is 22.2 Å². The molecule has 35 heavy (non-hydrogen) atoms. The Kier molecular flexibility index (Phi) is 7.26. The molecule has 1 spiro atoms. The number of nitrogens with zero attached hydrogens (tertiary/aromatic N) is 1. The largest absolute Gasteiger partial charge is 0.490 e. The first kappa shape index (κ1) is 24.4. The first-order valence-electron chi connectivity index (χ1n) is 12.6. The van der Waals surface area contributed by atoms with Gasteiger partial charge in [0.25, 0.3) is 0 Å². The van der Waals surface area contributed by atoms with E-state index in [1.54, 1.807) is 6.07 Å². The lowest BCUT2D eigenvalue weighted by Crippen LogP contribution is -2.47.